The smallest absolute Gasteiger partial charge is 0.410 e. The number of anilines is 1. The number of nitrogens with zero attached hydrogens (tertiary/aromatic N) is 2. The minimum absolute atomic E-state index is 0.0472. The van der Waals surface area contributed by atoms with E-state index < -0.39 is 11.1 Å². The number of hydrogen-bond acceptors (Lipinski definition) is 4. The van der Waals surface area contributed by atoms with E-state index >= 15 is 0 Å². The van der Waals surface area contributed by atoms with Gasteiger partial charge in [-0.15, -0.1) is 0 Å². The number of ether oxygens (including phenoxy) is 1. The van der Waals surface area contributed by atoms with Crippen molar-refractivity contribution >= 4 is 29.3 Å². The SMILES string of the molecule is Cc1c(Cl)cccc1[C@@]1(Nc2ccc3c(c2)C(=O)N(C)CCC3)CCN(C(=O)OC(C)(C)C)C1. The van der Waals surface area contributed by atoms with Crippen LogP contribution in [0.2, 0.25) is 5.02 Å². The number of carbonyl (C=O) groups is 2. The highest BCUT2D eigenvalue weighted by atomic mass is 35.5. The molecule has 182 valence electrons. The van der Waals surface area contributed by atoms with Crippen molar-refractivity contribution in [2.45, 2.75) is 58.1 Å². The summed E-state index contributed by atoms with van der Waals surface area (Å²) in [7, 11) is 1.85. The summed E-state index contributed by atoms with van der Waals surface area (Å²) in [5.41, 5.74) is 3.58. The van der Waals surface area contributed by atoms with Crippen molar-refractivity contribution in [3.63, 3.8) is 0 Å². The number of fused-ring (bicyclic) bond motifs is 1. The first kappa shape index (κ1) is 24.4. The van der Waals surface area contributed by atoms with Crippen LogP contribution in [-0.4, -0.2) is 54.1 Å². The number of likely N-dealkylation sites (tertiary alicyclic amines) is 1. The molecule has 2 aromatic rings. The summed E-state index contributed by atoms with van der Waals surface area (Å²) in [5, 5.41) is 4.40. The van der Waals surface area contributed by atoms with E-state index in [-0.39, 0.29) is 12.0 Å². The third-order valence-corrected chi connectivity index (χ3v) is 7.12. The molecule has 0 radical (unpaired) electrons. The highest BCUT2D eigenvalue weighted by Crippen LogP contribution is 2.40. The minimum atomic E-state index is -0.564. The summed E-state index contributed by atoms with van der Waals surface area (Å²) in [6.45, 7) is 9.37. The maximum absolute atomic E-state index is 13.0. The molecule has 0 saturated carbocycles. The van der Waals surface area contributed by atoms with Crippen molar-refractivity contribution in [2.75, 3.05) is 32.0 Å². The standard InChI is InChI=1S/C27H34ClN3O3/c1-18-22(9-6-10-23(18)28)27(13-15-31(17-27)25(33)34-26(2,3)4)29-20-12-11-19-8-7-14-30(5)24(32)21(19)16-20/h6,9-12,16,29H,7-8,13-15,17H2,1-5H3/t27-/m1/s1. The van der Waals surface area contributed by atoms with Crippen LogP contribution in [0, 0.1) is 6.92 Å². The van der Waals surface area contributed by atoms with Gasteiger partial charge in [-0.3, -0.25) is 4.79 Å². The largest absolute Gasteiger partial charge is 0.444 e. The third kappa shape index (κ3) is 4.88. The lowest BCUT2D eigenvalue weighted by Crippen LogP contribution is -2.42. The van der Waals surface area contributed by atoms with Gasteiger partial charge in [0.25, 0.3) is 5.91 Å². The van der Waals surface area contributed by atoms with Gasteiger partial charge >= 0.3 is 6.09 Å². The fourth-order valence-electron chi connectivity index (χ4n) is 4.97. The maximum atomic E-state index is 13.0. The first-order chi connectivity index (χ1) is 16.0. The number of rotatable bonds is 3. The van der Waals surface area contributed by atoms with Gasteiger partial charge in [-0.05, 0) is 81.8 Å². The normalized spacial score (nSPS) is 20.7. The van der Waals surface area contributed by atoms with Crippen LogP contribution in [0.3, 0.4) is 0 Å². The van der Waals surface area contributed by atoms with E-state index in [1.54, 1.807) is 9.80 Å². The Morgan fingerprint density at radius 2 is 1.94 bits per heavy atom. The molecular weight excluding hydrogens is 450 g/mol. The highest BCUT2D eigenvalue weighted by molar-refractivity contribution is 6.31. The molecule has 1 fully saturated rings. The minimum Gasteiger partial charge on any atom is -0.444 e. The molecule has 34 heavy (non-hydrogen) atoms. The van der Waals surface area contributed by atoms with E-state index in [0.717, 1.165) is 47.3 Å². The molecule has 2 heterocycles. The molecule has 0 aromatic heterocycles. The maximum Gasteiger partial charge on any atom is 0.410 e. The second kappa shape index (κ2) is 9.14. The van der Waals surface area contributed by atoms with Crippen molar-refractivity contribution in [1.29, 1.82) is 0 Å². The van der Waals surface area contributed by atoms with Crippen molar-refractivity contribution in [1.82, 2.24) is 9.80 Å². The molecule has 1 N–H and O–H groups in total. The van der Waals surface area contributed by atoms with E-state index in [2.05, 4.69) is 11.4 Å². The van der Waals surface area contributed by atoms with Gasteiger partial charge in [0.2, 0.25) is 0 Å². The number of halogens is 1. The van der Waals surface area contributed by atoms with Gasteiger partial charge in [-0.25, -0.2) is 4.79 Å². The molecule has 2 aliphatic heterocycles. The van der Waals surface area contributed by atoms with Crippen molar-refractivity contribution in [3.05, 3.63) is 63.7 Å². The molecule has 6 nitrogen and oxygen atoms in total. The third-order valence-electron chi connectivity index (χ3n) is 6.71. The molecule has 2 aromatic carbocycles. The topological polar surface area (TPSA) is 61.9 Å². The number of amides is 2. The molecule has 4 rings (SSSR count). The lowest BCUT2D eigenvalue weighted by atomic mass is 9.85. The second-order valence-electron chi connectivity index (χ2n) is 10.5. The Morgan fingerprint density at radius 3 is 2.68 bits per heavy atom. The lowest BCUT2D eigenvalue weighted by molar-refractivity contribution is 0.0286. The van der Waals surface area contributed by atoms with Crippen LogP contribution in [-0.2, 0) is 16.7 Å². The van der Waals surface area contributed by atoms with Gasteiger partial charge in [-0.2, -0.15) is 0 Å². The quantitative estimate of drug-likeness (QED) is 0.616. The Balaban J connectivity index is 1.71. The van der Waals surface area contributed by atoms with Gasteiger partial charge in [0, 0.05) is 36.4 Å². The summed E-state index contributed by atoms with van der Waals surface area (Å²) < 4.78 is 5.65. The zero-order valence-corrected chi connectivity index (χ0v) is 21.5. The van der Waals surface area contributed by atoms with Crippen molar-refractivity contribution < 1.29 is 14.3 Å². The highest BCUT2D eigenvalue weighted by Gasteiger charge is 2.44. The second-order valence-corrected chi connectivity index (χ2v) is 10.9. The first-order valence-electron chi connectivity index (χ1n) is 11.9. The number of carbonyl (C=O) groups excluding carboxylic acids is 2. The van der Waals surface area contributed by atoms with Crippen LogP contribution in [0.4, 0.5) is 10.5 Å². The van der Waals surface area contributed by atoms with Crippen LogP contribution >= 0.6 is 11.6 Å². The number of benzene rings is 2. The average molecular weight is 484 g/mol. The Hall–Kier alpha value is -2.73. The number of hydrogen-bond donors (Lipinski definition) is 1. The molecule has 2 aliphatic rings. The van der Waals surface area contributed by atoms with Crippen LogP contribution in [0.1, 0.15) is 60.7 Å². The van der Waals surface area contributed by atoms with E-state index in [0.29, 0.717) is 24.5 Å². The molecule has 0 aliphatic carbocycles. The van der Waals surface area contributed by atoms with Crippen LogP contribution in [0.15, 0.2) is 36.4 Å². The summed E-state index contributed by atoms with van der Waals surface area (Å²) in [5.74, 6) is 0.0472. The van der Waals surface area contributed by atoms with Crippen LogP contribution in [0.5, 0.6) is 0 Å². The van der Waals surface area contributed by atoms with Gasteiger partial charge < -0.3 is 19.9 Å². The summed E-state index contributed by atoms with van der Waals surface area (Å²) in [4.78, 5) is 29.4. The van der Waals surface area contributed by atoms with E-state index in [9.17, 15) is 9.59 Å². The Bertz CT molecular complexity index is 1110. The number of aryl methyl sites for hydroxylation is 1. The van der Waals surface area contributed by atoms with E-state index in [4.69, 9.17) is 16.3 Å². The van der Waals surface area contributed by atoms with Gasteiger partial charge in [-0.1, -0.05) is 29.8 Å². The van der Waals surface area contributed by atoms with E-state index in [1.807, 2.05) is 65.1 Å². The Labute approximate surface area is 207 Å². The monoisotopic (exact) mass is 483 g/mol. The first-order valence-corrected chi connectivity index (χ1v) is 12.3. The molecule has 0 spiro atoms. The Kier molecular flexibility index (Phi) is 6.56. The van der Waals surface area contributed by atoms with Crippen molar-refractivity contribution in [3.8, 4) is 0 Å². The molecular formula is C27H34ClN3O3. The lowest BCUT2D eigenvalue weighted by Gasteiger charge is -2.34. The molecule has 0 bridgehead atoms. The summed E-state index contributed by atoms with van der Waals surface area (Å²) in [6, 6.07) is 11.9. The molecule has 7 heteroatoms. The Morgan fingerprint density at radius 1 is 1.18 bits per heavy atom. The summed E-state index contributed by atoms with van der Waals surface area (Å²) >= 11 is 6.51. The summed E-state index contributed by atoms with van der Waals surface area (Å²) in [6.07, 6.45) is 2.21. The van der Waals surface area contributed by atoms with Crippen LogP contribution < -0.4 is 5.32 Å². The van der Waals surface area contributed by atoms with Gasteiger partial charge in [0.15, 0.2) is 0 Å². The molecule has 1 saturated heterocycles. The molecule has 2 amide bonds. The predicted octanol–water partition coefficient (Wildman–Crippen LogP) is 5.61. The van der Waals surface area contributed by atoms with Crippen molar-refractivity contribution in [2.24, 2.45) is 0 Å². The van der Waals surface area contributed by atoms with E-state index in [1.165, 1.54) is 0 Å². The zero-order chi connectivity index (χ0) is 24.7. The van der Waals surface area contributed by atoms with Gasteiger partial charge in [0.1, 0.15) is 5.60 Å². The fourth-order valence-corrected chi connectivity index (χ4v) is 5.14. The predicted molar refractivity (Wildman–Crippen MR) is 136 cm³/mol. The molecule has 1 atom stereocenters. The number of nitrogens with one attached hydrogen (secondary N) is 1. The van der Waals surface area contributed by atoms with Gasteiger partial charge in [0.05, 0.1) is 12.1 Å². The molecule has 0 unspecified atom stereocenters. The fraction of sp³-hybridized carbons (Fsp3) is 0.481. The average Bonchev–Trinajstić information content (AvgIpc) is 3.14. The zero-order valence-electron chi connectivity index (χ0n) is 20.7. The van der Waals surface area contributed by atoms with Crippen LogP contribution in [0.25, 0.3) is 0 Å².